The maximum Gasteiger partial charge on any atom is 0.236 e. The van der Waals surface area contributed by atoms with E-state index in [0.717, 1.165) is 17.2 Å². The quantitative estimate of drug-likeness (QED) is 0.622. The molecule has 1 heterocycles. The van der Waals surface area contributed by atoms with Crippen molar-refractivity contribution in [3.63, 3.8) is 0 Å². The first kappa shape index (κ1) is 18.7. The fraction of sp³-hybridized carbons (Fsp3) is 0.273. The molecule has 0 atom stereocenters. The lowest BCUT2D eigenvalue weighted by atomic mass is 9.95. The van der Waals surface area contributed by atoms with Gasteiger partial charge >= 0.3 is 0 Å². The summed E-state index contributed by atoms with van der Waals surface area (Å²) in [6.07, 6.45) is 0.736. The minimum Gasteiger partial charge on any atom is -0.496 e. The first-order chi connectivity index (χ1) is 12.8. The van der Waals surface area contributed by atoms with Crippen LogP contribution in [-0.2, 0) is 0 Å². The maximum absolute atomic E-state index is 13.2. The van der Waals surface area contributed by atoms with Crippen LogP contribution in [0.5, 0.6) is 11.5 Å². The Kier molecular flexibility index (Phi) is 4.79. The van der Waals surface area contributed by atoms with E-state index in [0.29, 0.717) is 28.3 Å². The summed E-state index contributed by atoms with van der Waals surface area (Å²) < 4.78 is 12.5. The van der Waals surface area contributed by atoms with E-state index in [1.54, 1.807) is 23.8 Å². The number of rotatable bonds is 4. The average molecular weight is 365 g/mol. The van der Waals surface area contributed by atoms with E-state index in [-0.39, 0.29) is 5.91 Å². The van der Waals surface area contributed by atoms with Crippen LogP contribution in [0, 0.1) is 5.41 Å². The molecule has 0 N–H and O–H groups in total. The third-order valence-corrected chi connectivity index (χ3v) is 4.51. The van der Waals surface area contributed by atoms with Gasteiger partial charge in [0.05, 0.1) is 31.0 Å². The van der Waals surface area contributed by atoms with Crippen molar-refractivity contribution < 1.29 is 19.1 Å². The molecule has 140 valence electrons. The van der Waals surface area contributed by atoms with E-state index < -0.39 is 5.41 Å². The molecule has 0 amide bonds. The minimum absolute atomic E-state index is 0.0378. The van der Waals surface area contributed by atoms with Gasteiger partial charge in [0.15, 0.2) is 6.29 Å². The molecule has 0 unspecified atom stereocenters. The van der Waals surface area contributed by atoms with Crippen LogP contribution < -0.4 is 9.47 Å². The molecule has 27 heavy (non-hydrogen) atoms. The number of benzene rings is 2. The van der Waals surface area contributed by atoms with Crippen molar-refractivity contribution in [3.8, 4) is 22.8 Å². The fourth-order valence-corrected chi connectivity index (χ4v) is 3.12. The number of hydrogen-bond donors (Lipinski definition) is 0. The number of ether oxygens (including phenoxy) is 2. The second-order valence-electron chi connectivity index (χ2n) is 7.39. The Bertz CT molecular complexity index is 1020. The van der Waals surface area contributed by atoms with Gasteiger partial charge in [0.25, 0.3) is 0 Å². The van der Waals surface area contributed by atoms with Gasteiger partial charge in [0, 0.05) is 22.4 Å². The molecular weight excluding hydrogens is 342 g/mol. The molecule has 0 saturated carbocycles. The predicted octanol–water partition coefficient (Wildman–Crippen LogP) is 4.82. The molecule has 0 bridgehead atoms. The molecule has 0 radical (unpaired) electrons. The van der Waals surface area contributed by atoms with Gasteiger partial charge in [-0.1, -0.05) is 39.0 Å². The monoisotopic (exact) mass is 365 g/mol. The van der Waals surface area contributed by atoms with Crippen molar-refractivity contribution in [2.45, 2.75) is 20.8 Å². The van der Waals surface area contributed by atoms with Gasteiger partial charge in [-0.05, 0) is 18.2 Å². The van der Waals surface area contributed by atoms with Crippen molar-refractivity contribution in [2.24, 2.45) is 5.41 Å². The Hall–Kier alpha value is -3.08. The smallest absolute Gasteiger partial charge is 0.236 e. The van der Waals surface area contributed by atoms with Crippen LogP contribution >= 0.6 is 0 Å². The highest BCUT2D eigenvalue weighted by Crippen LogP contribution is 2.39. The predicted molar refractivity (Wildman–Crippen MR) is 106 cm³/mol. The van der Waals surface area contributed by atoms with Crippen molar-refractivity contribution in [1.29, 1.82) is 0 Å². The second-order valence-corrected chi connectivity index (χ2v) is 7.39. The zero-order chi connectivity index (χ0) is 19.8. The zero-order valence-electron chi connectivity index (χ0n) is 16.2. The molecule has 2 aromatic carbocycles. The summed E-state index contributed by atoms with van der Waals surface area (Å²) >= 11 is 0. The summed E-state index contributed by atoms with van der Waals surface area (Å²) in [5.41, 5.74) is 1.98. The summed E-state index contributed by atoms with van der Waals surface area (Å²) in [5.74, 6) is 0.919. The highest BCUT2D eigenvalue weighted by molar-refractivity contribution is 6.01. The number of para-hydroxylation sites is 1. The van der Waals surface area contributed by atoms with Gasteiger partial charge in [-0.2, -0.15) is 0 Å². The zero-order valence-corrected chi connectivity index (χ0v) is 16.2. The van der Waals surface area contributed by atoms with Gasteiger partial charge < -0.3 is 9.47 Å². The first-order valence-electron chi connectivity index (χ1n) is 8.68. The van der Waals surface area contributed by atoms with Crippen LogP contribution in [0.3, 0.4) is 0 Å². The molecule has 3 aromatic rings. The fourth-order valence-electron chi connectivity index (χ4n) is 3.12. The van der Waals surface area contributed by atoms with Gasteiger partial charge in [-0.15, -0.1) is 0 Å². The SMILES string of the molecule is COc1cc(OC)c(-c2cc3ccccc3n2C(=O)C(C)(C)C)cc1C=O. The maximum atomic E-state index is 13.2. The van der Waals surface area contributed by atoms with Crippen LogP contribution in [-0.4, -0.2) is 31.0 Å². The van der Waals surface area contributed by atoms with Gasteiger partial charge in [0.1, 0.15) is 11.5 Å². The molecule has 0 aliphatic carbocycles. The highest BCUT2D eigenvalue weighted by atomic mass is 16.5. The largest absolute Gasteiger partial charge is 0.496 e. The Morgan fingerprint density at radius 1 is 1.00 bits per heavy atom. The van der Waals surface area contributed by atoms with E-state index in [1.807, 2.05) is 51.1 Å². The standard InChI is InChI=1S/C22H23NO4/c1-22(2,3)21(25)23-17-9-7-6-8-14(17)11-18(23)16-10-15(13-24)19(26-4)12-20(16)27-5/h6-13H,1-5H3. The van der Waals surface area contributed by atoms with E-state index in [2.05, 4.69) is 0 Å². The van der Waals surface area contributed by atoms with Crippen LogP contribution in [0.4, 0.5) is 0 Å². The number of nitrogens with zero attached hydrogens (tertiary/aromatic N) is 1. The third kappa shape index (κ3) is 3.21. The lowest BCUT2D eigenvalue weighted by molar-refractivity contribution is 0.0774. The summed E-state index contributed by atoms with van der Waals surface area (Å²) in [6, 6.07) is 13.0. The first-order valence-corrected chi connectivity index (χ1v) is 8.68. The Morgan fingerprint density at radius 3 is 2.26 bits per heavy atom. The molecule has 0 aliphatic rings. The normalized spacial score (nSPS) is 11.4. The van der Waals surface area contributed by atoms with Gasteiger partial charge in [-0.3, -0.25) is 14.2 Å². The summed E-state index contributed by atoms with van der Waals surface area (Å²) in [5, 5.41) is 0.940. The molecule has 0 saturated heterocycles. The molecule has 3 rings (SSSR count). The average Bonchev–Trinajstić information content (AvgIpc) is 3.04. The molecule has 0 fully saturated rings. The number of hydrogen-bond acceptors (Lipinski definition) is 4. The Labute approximate surface area is 158 Å². The molecule has 1 aromatic heterocycles. The number of methoxy groups -OCH3 is 2. The third-order valence-electron chi connectivity index (χ3n) is 4.51. The Balaban J connectivity index is 2.38. The van der Waals surface area contributed by atoms with Crippen LogP contribution in [0.2, 0.25) is 0 Å². The van der Waals surface area contributed by atoms with Crippen LogP contribution in [0.15, 0.2) is 42.5 Å². The van der Waals surface area contributed by atoms with Crippen LogP contribution in [0.25, 0.3) is 22.2 Å². The number of aldehydes is 1. The summed E-state index contributed by atoms with van der Waals surface area (Å²) in [4.78, 5) is 24.8. The number of carbonyl (C=O) groups excluding carboxylic acids is 2. The van der Waals surface area contributed by atoms with Gasteiger partial charge in [0.2, 0.25) is 5.91 Å². The molecule has 5 nitrogen and oxygen atoms in total. The van der Waals surface area contributed by atoms with Crippen molar-refractivity contribution in [3.05, 3.63) is 48.0 Å². The Morgan fingerprint density at radius 2 is 1.67 bits per heavy atom. The number of aromatic nitrogens is 1. The lowest BCUT2D eigenvalue weighted by Crippen LogP contribution is -2.27. The topological polar surface area (TPSA) is 57.5 Å². The molecular formula is C22H23NO4. The van der Waals surface area contributed by atoms with Crippen molar-refractivity contribution in [2.75, 3.05) is 14.2 Å². The lowest BCUT2D eigenvalue weighted by Gasteiger charge is -2.21. The van der Waals surface area contributed by atoms with E-state index in [4.69, 9.17) is 9.47 Å². The van der Waals surface area contributed by atoms with E-state index in [1.165, 1.54) is 7.11 Å². The van der Waals surface area contributed by atoms with Crippen LogP contribution in [0.1, 0.15) is 35.9 Å². The number of fused-ring (bicyclic) bond motifs is 1. The molecule has 5 heteroatoms. The van der Waals surface area contributed by atoms with Crippen molar-refractivity contribution >= 4 is 23.1 Å². The number of carbonyl (C=O) groups is 2. The van der Waals surface area contributed by atoms with E-state index in [9.17, 15) is 9.59 Å². The minimum atomic E-state index is -0.580. The second kappa shape index (κ2) is 6.91. The van der Waals surface area contributed by atoms with Gasteiger partial charge in [-0.25, -0.2) is 0 Å². The summed E-state index contributed by atoms with van der Waals surface area (Å²) in [7, 11) is 3.05. The summed E-state index contributed by atoms with van der Waals surface area (Å²) in [6.45, 7) is 5.65. The molecule has 0 aliphatic heterocycles. The highest BCUT2D eigenvalue weighted by Gasteiger charge is 2.28. The van der Waals surface area contributed by atoms with E-state index >= 15 is 0 Å². The van der Waals surface area contributed by atoms with Crippen molar-refractivity contribution in [1.82, 2.24) is 4.57 Å². The molecule has 0 spiro atoms.